The molecule has 5 heteroatoms. The molecule has 1 heterocycles. The molecule has 0 spiro atoms. The zero-order chi connectivity index (χ0) is 18.9. The first kappa shape index (κ1) is 27.3. The second kappa shape index (κ2) is 19.6. The SMILES string of the molecule is CCCCOC(CCCCCCCCC(P)c1cccs1)OCCCC.Cl. The lowest BCUT2D eigenvalue weighted by atomic mass is 10.1. The van der Waals surface area contributed by atoms with Crippen molar-refractivity contribution in [1.29, 1.82) is 0 Å². The maximum Gasteiger partial charge on any atom is 0.157 e. The van der Waals surface area contributed by atoms with Gasteiger partial charge in [-0.2, -0.15) is 0 Å². The second-order valence-corrected chi connectivity index (χ2v) is 8.98. The highest BCUT2D eigenvalue weighted by Gasteiger charge is 2.09. The van der Waals surface area contributed by atoms with Crippen molar-refractivity contribution < 1.29 is 9.47 Å². The lowest BCUT2D eigenvalue weighted by Gasteiger charge is -2.18. The van der Waals surface area contributed by atoms with Crippen LogP contribution in [0.25, 0.3) is 0 Å². The van der Waals surface area contributed by atoms with Gasteiger partial charge in [-0.25, -0.2) is 0 Å². The van der Waals surface area contributed by atoms with Crippen LogP contribution in [0.4, 0.5) is 0 Å². The van der Waals surface area contributed by atoms with Gasteiger partial charge in [0.15, 0.2) is 6.29 Å². The molecule has 0 aliphatic rings. The van der Waals surface area contributed by atoms with Gasteiger partial charge in [0.2, 0.25) is 0 Å². The molecule has 2 atom stereocenters. The normalized spacial score (nSPS) is 12.3. The van der Waals surface area contributed by atoms with Crippen LogP contribution in [0.3, 0.4) is 0 Å². The highest BCUT2D eigenvalue weighted by atomic mass is 35.5. The van der Waals surface area contributed by atoms with Crippen molar-refractivity contribution in [2.75, 3.05) is 13.2 Å². The molecule has 1 rings (SSSR count). The maximum absolute atomic E-state index is 5.91. The summed E-state index contributed by atoms with van der Waals surface area (Å²) in [6, 6.07) is 4.41. The fourth-order valence-electron chi connectivity index (χ4n) is 2.96. The van der Waals surface area contributed by atoms with Crippen LogP contribution in [-0.2, 0) is 9.47 Å². The Labute approximate surface area is 180 Å². The van der Waals surface area contributed by atoms with Crippen LogP contribution in [0.1, 0.15) is 101 Å². The number of unbranched alkanes of at least 4 members (excludes halogenated alkanes) is 7. The topological polar surface area (TPSA) is 18.5 Å². The van der Waals surface area contributed by atoms with Crippen LogP contribution in [0.15, 0.2) is 17.5 Å². The number of rotatable bonds is 18. The predicted molar refractivity (Wildman–Crippen MR) is 126 cm³/mol. The van der Waals surface area contributed by atoms with Crippen LogP contribution in [0, 0.1) is 0 Å². The number of hydrogen-bond donors (Lipinski definition) is 0. The molecule has 0 fully saturated rings. The van der Waals surface area contributed by atoms with Crippen LogP contribution in [0.2, 0.25) is 0 Å². The molecule has 2 unspecified atom stereocenters. The molecule has 0 bridgehead atoms. The van der Waals surface area contributed by atoms with Gasteiger partial charge in [-0.1, -0.05) is 64.9 Å². The third kappa shape index (κ3) is 14.9. The summed E-state index contributed by atoms with van der Waals surface area (Å²) in [7, 11) is 3.01. The lowest BCUT2D eigenvalue weighted by molar-refractivity contribution is -0.147. The van der Waals surface area contributed by atoms with Crippen molar-refractivity contribution >= 4 is 33.0 Å². The fraction of sp³-hybridized carbons (Fsp3) is 0.818. The van der Waals surface area contributed by atoms with E-state index in [0.717, 1.165) is 32.5 Å². The molecule has 1 aromatic heterocycles. The molecule has 0 amide bonds. The molecule has 0 aromatic carbocycles. The van der Waals surface area contributed by atoms with Crippen LogP contribution < -0.4 is 0 Å². The summed E-state index contributed by atoms with van der Waals surface area (Å²) in [5.41, 5.74) is 0.649. The third-order valence-electron chi connectivity index (χ3n) is 4.72. The Hall–Kier alpha value is 0.340. The summed E-state index contributed by atoms with van der Waals surface area (Å²) in [4.78, 5) is 1.51. The van der Waals surface area contributed by atoms with Gasteiger partial charge in [-0.15, -0.1) is 33.0 Å². The van der Waals surface area contributed by atoms with E-state index in [1.165, 1.54) is 62.7 Å². The van der Waals surface area contributed by atoms with Gasteiger partial charge >= 0.3 is 0 Å². The predicted octanol–water partition coefficient (Wildman–Crippen LogP) is 8.17. The van der Waals surface area contributed by atoms with Gasteiger partial charge in [-0.3, -0.25) is 0 Å². The van der Waals surface area contributed by atoms with Crippen LogP contribution in [0.5, 0.6) is 0 Å². The molecule has 0 N–H and O–H groups in total. The van der Waals surface area contributed by atoms with Crippen molar-refractivity contribution in [2.45, 2.75) is 103 Å². The van der Waals surface area contributed by atoms with Crippen molar-refractivity contribution in [1.82, 2.24) is 0 Å². The third-order valence-corrected chi connectivity index (χ3v) is 6.66. The van der Waals surface area contributed by atoms with E-state index in [-0.39, 0.29) is 18.7 Å². The molecule has 0 aliphatic heterocycles. The standard InChI is InChI=1S/C22H41O2PS.ClH/c1-3-5-17-23-22(24-18-6-4-2)16-12-10-8-7-9-11-14-20(25)21-15-13-19-26-21;/h13,15,19-20,22H,3-12,14,16-18,25H2,1-2H3;1H. The van der Waals surface area contributed by atoms with Gasteiger partial charge in [0, 0.05) is 23.7 Å². The Morgan fingerprint density at radius 3 is 1.93 bits per heavy atom. The largest absolute Gasteiger partial charge is 0.353 e. The first-order chi connectivity index (χ1) is 12.8. The minimum atomic E-state index is 0. The second-order valence-electron chi connectivity index (χ2n) is 7.20. The molecule has 2 nitrogen and oxygen atoms in total. The van der Waals surface area contributed by atoms with Crippen molar-refractivity contribution in [2.24, 2.45) is 0 Å². The monoisotopic (exact) mass is 436 g/mol. The van der Waals surface area contributed by atoms with E-state index in [1.807, 2.05) is 11.3 Å². The van der Waals surface area contributed by atoms with Crippen LogP contribution in [-0.4, -0.2) is 19.5 Å². The quantitative estimate of drug-likeness (QED) is 0.131. The summed E-state index contributed by atoms with van der Waals surface area (Å²) in [5.74, 6) is 0. The first-order valence-electron chi connectivity index (χ1n) is 10.8. The van der Waals surface area contributed by atoms with E-state index in [4.69, 9.17) is 9.47 Å². The summed E-state index contributed by atoms with van der Waals surface area (Å²) in [5, 5.41) is 2.18. The lowest BCUT2D eigenvalue weighted by Crippen LogP contribution is -2.18. The summed E-state index contributed by atoms with van der Waals surface area (Å²) < 4.78 is 11.8. The number of thiophene rings is 1. The number of halogens is 1. The van der Waals surface area contributed by atoms with E-state index in [0.29, 0.717) is 5.66 Å². The van der Waals surface area contributed by atoms with Crippen LogP contribution >= 0.6 is 33.0 Å². The molecule has 0 saturated heterocycles. The Kier molecular flexibility index (Phi) is 19.9. The average Bonchev–Trinajstić information content (AvgIpc) is 3.18. The van der Waals surface area contributed by atoms with E-state index in [1.54, 1.807) is 0 Å². The smallest absolute Gasteiger partial charge is 0.157 e. The van der Waals surface area contributed by atoms with E-state index in [9.17, 15) is 0 Å². The summed E-state index contributed by atoms with van der Waals surface area (Å²) in [6.07, 6.45) is 15.0. The molecule has 160 valence electrons. The van der Waals surface area contributed by atoms with Gasteiger partial charge in [0.05, 0.1) is 0 Å². The van der Waals surface area contributed by atoms with Gasteiger partial charge < -0.3 is 9.47 Å². The van der Waals surface area contributed by atoms with E-state index in [2.05, 4.69) is 40.6 Å². The van der Waals surface area contributed by atoms with E-state index >= 15 is 0 Å². The Balaban J connectivity index is 0.00000676. The van der Waals surface area contributed by atoms with Crippen molar-refractivity contribution in [3.8, 4) is 0 Å². The average molecular weight is 437 g/mol. The van der Waals surface area contributed by atoms with Gasteiger partial charge in [-0.05, 0) is 43.6 Å². The maximum atomic E-state index is 5.91. The van der Waals surface area contributed by atoms with Crippen molar-refractivity contribution in [3.05, 3.63) is 22.4 Å². The Morgan fingerprint density at radius 2 is 1.41 bits per heavy atom. The van der Waals surface area contributed by atoms with E-state index < -0.39 is 0 Å². The number of ether oxygens (including phenoxy) is 2. The van der Waals surface area contributed by atoms with Gasteiger partial charge in [0.1, 0.15) is 0 Å². The van der Waals surface area contributed by atoms with Crippen molar-refractivity contribution in [3.63, 3.8) is 0 Å². The first-order valence-corrected chi connectivity index (χ1v) is 12.3. The minimum Gasteiger partial charge on any atom is -0.353 e. The zero-order valence-corrected chi connectivity index (χ0v) is 20.3. The highest BCUT2D eigenvalue weighted by Crippen LogP contribution is 2.32. The molecule has 0 saturated carbocycles. The summed E-state index contributed by atoms with van der Waals surface area (Å²) >= 11 is 1.88. The Bertz CT molecular complexity index is 393. The molecule has 1 aromatic rings. The molecule has 0 radical (unpaired) electrons. The Morgan fingerprint density at radius 1 is 0.852 bits per heavy atom. The fourth-order valence-corrected chi connectivity index (χ4v) is 4.31. The van der Waals surface area contributed by atoms with Gasteiger partial charge in [0.25, 0.3) is 0 Å². The molecule has 27 heavy (non-hydrogen) atoms. The minimum absolute atomic E-state index is 0. The number of hydrogen-bond acceptors (Lipinski definition) is 3. The summed E-state index contributed by atoms with van der Waals surface area (Å²) in [6.45, 7) is 6.09. The molecular weight excluding hydrogens is 395 g/mol. The zero-order valence-electron chi connectivity index (χ0n) is 17.5. The highest BCUT2D eigenvalue weighted by molar-refractivity contribution is 7.20. The molecular formula is C22H42ClO2PS. The molecule has 0 aliphatic carbocycles.